The monoisotopic (exact) mass is 298 g/mol. The number of carbonyl (C=O) groups excluding carboxylic acids is 1. The molecule has 7 nitrogen and oxygen atoms in total. The molecule has 21 heavy (non-hydrogen) atoms. The first-order valence-electron chi connectivity index (χ1n) is 7.64. The van der Waals surface area contributed by atoms with Crippen LogP contribution in [-0.4, -0.2) is 103 Å². The number of carboxylic acids is 1. The molecular weight excluding hydrogens is 272 g/mol. The predicted octanol–water partition coefficient (Wildman–Crippen LogP) is -0.165. The molecule has 0 aromatic carbocycles. The van der Waals surface area contributed by atoms with Gasteiger partial charge in [0.2, 0.25) is 0 Å². The van der Waals surface area contributed by atoms with E-state index in [4.69, 9.17) is 5.11 Å². The Labute approximate surface area is 126 Å². The molecule has 2 aliphatic rings. The summed E-state index contributed by atoms with van der Waals surface area (Å²) in [7, 11) is 4.11. The Hall–Kier alpha value is -1.34. The number of rotatable bonds is 4. The Bertz CT molecular complexity index is 380. The van der Waals surface area contributed by atoms with Crippen molar-refractivity contribution in [3.05, 3.63) is 0 Å². The molecule has 0 radical (unpaired) electrons. The third-order valence-electron chi connectivity index (χ3n) is 4.29. The minimum Gasteiger partial charge on any atom is -0.480 e. The van der Waals surface area contributed by atoms with Crippen LogP contribution in [0.1, 0.15) is 12.8 Å². The van der Waals surface area contributed by atoms with Crippen LogP contribution in [0.25, 0.3) is 0 Å². The first-order chi connectivity index (χ1) is 9.99. The summed E-state index contributed by atoms with van der Waals surface area (Å²) < 4.78 is 0. The second-order valence-electron chi connectivity index (χ2n) is 6.10. The van der Waals surface area contributed by atoms with Crippen LogP contribution in [0.3, 0.4) is 0 Å². The normalized spacial score (nSPS) is 23.9. The maximum atomic E-state index is 12.4. The summed E-state index contributed by atoms with van der Waals surface area (Å²) in [6, 6.07) is -0.739. The minimum atomic E-state index is -0.884. The molecule has 2 aliphatic heterocycles. The molecule has 1 N–H and O–H groups in total. The molecule has 0 aromatic rings. The zero-order chi connectivity index (χ0) is 15.4. The van der Waals surface area contributed by atoms with Crippen molar-refractivity contribution in [1.29, 1.82) is 0 Å². The van der Waals surface area contributed by atoms with Crippen LogP contribution in [0.5, 0.6) is 0 Å². The van der Waals surface area contributed by atoms with Gasteiger partial charge in [-0.05, 0) is 26.9 Å². The van der Waals surface area contributed by atoms with Crippen molar-refractivity contribution < 1.29 is 14.7 Å². The van der Waals surface area contributed by atoms with E-state index in [-0.39, 0.29) is 6.03 Å². The lowest BCUT2D eigenvalue weighted by molar-refractivity contribution is -0.141. The Balaban J connectivity index is 1.81. The topological polar surface area (TPSA) is 67.3 Å². The molecule has 0 aliphatic carbocycles. The number of likely N-dealkylation sites (tertiary alicyclic amines) is 1. The van der Waals surface area contributed by atoms with Crippen LogP contribution in [0, 0.1) is 0 Å². The highest BCUT2D eigenvalue weighted by atomic mass is 16.4. The maximum Gasteiger partial charge on any atom is 0.326 e. The largest absolute Gasteiger partial charge is 0.480 e. The highest BCUT2D eigenvalue weighted by Gasteiger charge is 2.36. The molecular formula is C14H26N4O3. The number of aliphatic carboxylic acids is 1. The van der Waals surface area contributed by atoms with Crippen molar-refractivity contribution in [2.24, 2.45) is 0 Å². The zero-order valence-electron chi connectivity index (χ0n) is 13.0. The number of carbonyl (C=O) groups is 2. The lowest BCUT2D eigenvalue weighted by Crippen LogP contribution is -2.55. The van der Waals surface area contributed by atoms with E-state index in [0.717, 1.165) is 32.6 Å². The number of urea groups is 1. The van der Waals surface area contributed by atoms with Crippen molar-refractivity contribution in [2.75, 3.05) is 59.9 Å². The van der Waals surface area contributed by atoms with Gasteiger partial charge in [0, 0.05) is 45.8 Å². The molecule has 0 aromatic heterocycles. The van der Waals surface area contributed by atoms with E-state index < -0.39 is 12.0 Å². The van der Waals surface area contributed by atoms with E-state index in [0.29, 0.717) is 26.1 Å². The summed E-state index contributed by atoms with van der Waals surface area (Å²) in [5, 5.41) is 9.17. The smallest absolute Gasteiger partial charge is 0.326 e. The Morgan fingerprint density at radius 3 is 2.38 bits per heavy atom. The van der Waals surface area contributed by atoms with Gasteiger partial charge in [0.15, 0.2) is 0 Å². The Morgan fingerprint density at radius 2 is 1.81 bits per heavy atom. The van der Waals surface area contributed by atoms with Crippen molar-refractivity contribution in [3.8, 4) is 0 Å². The summed E-state index contributed by atoms with van der Waals surface area (Å²) >= 11 is 0. The van der Waals surface area contributed by atoms with Crippen LogP contribution < -0.4 is 0 Å². The summed E-state index contributed by atoms with van der Waals surface area (Å²) in [6.45, 7) is 5.70. The first-order valence-corrected chi connectivity index (χ1v) is 7.64. The average Bonchev–Trinajstić information content (AvgIpc) is 2.94. The fourth-order valence-electron chi connectivity index (χ4n) is 2.94. The molecule has 2 fully saturated rings. The van der Waals surface area contributed by atoms with Crippen molar-refractivity contribution in [1.82, 2.24) is 19.6 Å². The summed E-state index contributed by atoms with van der Waals surface area (Å²) in [5.74, 6) is -0.884. The molecule has 1 atom stereocenters. The second-order valence-corrected chi connectivity index (χ2v) is 6.10. The Kier molecular flexibility index (Phi) is 5.41. The Morgan fingerprint density at radius 1 is 1.14 bits per heavy atom. The van der Waals surface area contributed by atoms with Crippen molar-refractivity contribution in [2.45, 2.75) is 18.9 Å². The zero-order valence-corrected chi connectivity index (χ0v) is 13.0. The van der Waals surface area contributed by atoms with Crippen LogP contribution in [0.2, 0.25) is 0 Å². The van der Waals surface area contributed by atoms with E-state index in [1.165, 1.54) is 4.90 Å². The number of carboxylic acid groups (broad SMARTS) is 1. The summed E-state index contributed by atoms with van der Waals surface area (Å²) in [4.78, 5) is 31.5. The van der Waals surface area contributed by atoms with E-state index in [1.54, 1.807) is 4.90 Å². The highest BCUT2D eigenvalue weighted by Crippen LogP contribution is 2.20. The van der Waals surface area contributed by atoms with Gasteiger partial charge in [0.25, 0.3) is 0 Å². The fraction of sp³-hybridized carbons (Fsp3) is 0.857. The van der Waals surface area contributed by atoms with Gasteiger partial charge in [-0.3, -0.25) is 4.90 Å². The number of nitrogens with zero attached hydrogens (tertiary/aromatic N) is 4. The van der Waals surface area contributed by atoms with E-state index in [2.05, 4.69) is 23.9 Å². The van der Waals surface area contributed by atoms with Crippen molar-refractivity contribution in [3.63, 3.8) is 0 Å². The molecule has 0 saturated carbocycles. The highest BCUT2D eigenvalue weighted by molar-refractivity contribution is 5.83. The molecule has 2 rings (SSSR count). The van der Waals surface area contributed by atoms with Gasteiger partial charge >= 0.3 is 12.0 Å². The quantitative estimate of drug-likeness (QED) is 0.781. The molecule has 0 spiro atoms. The van der Waals surface area contributed by atoms with Crippen molar-refractivity contribution >= 4 is 12.0 Å². The molecule has 120 valence electrons. The van der Waals surface area contributed by atoms with Gasteiger partial charge in [-0.2, -0.15) is 0 Å². The summed E-state index contributed by atoms with van der Waals surface area (Å²) in [5.41, 5.74) is 0. The average molecular weight is 298 g/mol. The van der Waals surface area contributed by atoms with Gasteiger partial charge in [0.05, 0.1) is 0 Å². The van der Waals surface area contributed by atoms with Gasteiger partial charge in [0.1, 0.15) is 6.04 Å². The van der Waals surface area contributed by atoms with Gasteiger partial charge in [-0.25, -0.2) is 9.59 Å². The van der Waals surface area contributed by atoms with Crippen LogP contribution in [-0.2, 0) is 4.79 Å². The van der Waals surface area contributed by atoms with E-state index in [1.807, 2.05) is 0 Å². The van der Waals surface area contributed by atoms with E-state index >= 15 is 0 Å². The van der Waals surface area contributed by atoms with Gasteiger partial charge in [-0.1, -0.05) is 0 Å². The number of hydrogen-bond donors (Lipinski definition) is 1. The molecule has 7 heteroatoms. The van der Waals surface area contributed by atoms with Crippen LogP contribution >= 0.6 is 0 Å². The first kappa shape index (κ1) is 16.0. The lowest BCUT2D eigenvalue weighted by atomic mass is 10.2. The molecule has 0 bridgehead atoms. The SMILES string of the molecule is CN(C)CCN1CCN(C(=O)N2CCC[C@@H]2C(=O)O)CC1. The van der Waals surface area contributed by atoms with Gasteiger partial charge < -0.3 is 19.8 Å². The summed E-state index contributed by atoms with van der Waals surface area (Å²) in [6.07, 6.45) is 1.36. The third-order valence-corrected chi connectivity index (χ3v) is 4.29. The molecule has 0 unspecified atom stereocenters. The third kappa shape index (κ3) is 4.07. The molecule has 2 saturated heterocycles. The molecule has 2 amide bonds. The standard InChI is InChI=1S/C14H26N4O3/c1-15(2)6-7-16-8-10-17(11-9-16)14(21)18-5-3-4-12(18)13(19)20/h12H,3-11H2,1-2H3,(H,19,20)/t12-/m1/s1. The fourth-order valence-corrected chi connectivity index (χ4v) is 2.94. The predicted molar refractivity (Wildman–Crippen MR) is 79.3 cm³/mol. The number of hydrogen-bond acceptors (Lipinski definition) is 4. The minimum absolute atomic E-state index is 0.104. The molecule has 2 heterocycles. The van der Waals surface area contributed by atoms with Crippen LogP contribution in [0.15, 0.2) is 0 Å². The van der Waals surface area contributed by atoms with Gasteiger partial charge in [-0.15, -0.1) is 0 Å². The lowest BCUT2D eigenvalue weighted by Gasteiger charge is -2.37. The maximum absolute atomic E-state index is 12.4. The number of likely N-dealkylation sites (N-methyl/N-ethyl adjacent to an activating group) is 1. The van der Waals surface area contributed by atoms with Crippen LogP contribution in [0.4, 0.5) is 4.79 Å². The number of amides is 2. The second kappa shape index (κ2) is 7.09. The van der Waals surface area contributed by atoms with E-state index in [9.17, 15) is 9.59 Å². The number of piperazine rings is 1.